The fourth-order valence-corrected chi connectivity index (χ4v) is 2.86. The summed E-state index contributed by atoms with van der Waals surface area (Å²) in [5.74, 6) is 1.14. The first kappa shape index (κ1) is 13.0. The summed E-state index contributed by atoms with van der Waals surface area (Å²) in [5.41, 5.74) is 2.88. The van der Waals surface area contributed by atoms with Crippen molar-refractivity contribution in [2.24, 2.45) is 0 Å². The molecule has 0 bridgehead atoms. The maximum Gasteiger partial charge on any atom is 0.129 e. The predicted octanol–water partition coefficient (Wildman–Crippen LogP) is 5.18. The number of hydrogen-bond acceptors (Lipinski definition) is 1. The largest absolute Gasteiger partial charge is 0.294 e. The molecule has 2 aromatic carbocycles. The van der Waals surface area contributed by atoms with Crippen molar-refractivity contribution >= 4 is 50.2 Å². The molecule has 19 heavy (non-hydrogen) atoms. The van der Waals surface area contributed by atoms with Gasteiger partial charge in [-0.3, -0.25) is 4.57 Å². The van der Waals surface area contributed by atoms with Gasteiger partial charge in [-0.1, -0.05) is 23.7 Å². The van der Waals surface area contributed by atoms with E-state index in [9.17, 15) is 0 Å². The molecule has 3 rings (SSSR count). The third-order valence-corrected chi connectivity index (χ3v) is 4.04. The SMILES string of the molecule is ClCc1nc2ccccc2n1-c1cc(Cl)ccc1Br. The molecule has 0 saturated carbocycles. The lowest BCUT2D eigenvalue weighted by molar-refractivity contribution is 0.977. The van der Waals surface area contributed by atoms with Crippen molar-refractivity contribution in [1.82, 2.24) is 9.55 Å². The van der Waals surface area contributed by atoms with Gasteiger partial charge in [0.05, 0.1) is 22.6 Å². The van der Waals surface area contributed by atoms with E-state index in [4.69, 9.17) is 23.2 Å². The monoisotopic (exact) mass is 354 g/mol. The van der Waals surface area contributed by atoms with E-state index in [-0.39, 0.29) is 0 Å². The van der Waals surface area contributed by atoms with E-state index >= 15 is 0 Å². The number of halogens is 3. The molecule has 0 spiro atoms. The Morgan fingerprint density at radius 1 is 1.16 bits per heavy atom. The number of imidazole rings is 1. The van der Waals surface area contributed by atoms with Gasteiger partial charge in [0, 0.05) is 9.50 Å². The Hall–Kier alpha value is -1.03. The zero-order valence-corrected chi connectivity index (χ0v) is 12.9. The Labute approximate surface area is 129 Å². The van der Waals surface area contributed by atoms with Gasteiger partial charge in [0.25, 0.3) is 0 Å². The summed E-state index contributed by atoms with van der Waals surface area (Å²) < 4.78 is 2.98. The number of benzene rings is 2. The lowest BCUT2D eigenvalue weighted by Crippen LogP contribution is -2.00. The molecule has 0 aliphatic carbocycles. The molecule has 1 heterocycles. The Morgan fingerprint density at radius 3 is 2.74 bits per heavy atom. The zero-order chi connectivity index (χ0) is 13.4. The molecule has 0 N–H and O–H groups in total. The van der Waals surface area contributed by atoms with Crippen LogP contribution in [0.3, 0.4) is 0 Å². The highest BCUT2D eigenvalue weighted by Gasteiger charge is 2.13. The van der Waals surface area contributed by atoms with E-state index in [1.54, 1.807) is 0 Å². The van der Waals surface area contributed by atoms with E-state index in [1.807, 2.05) is 47.0 Å². The number of para-hydroxylation sites is 2. The first-order chi connectivity index (χ1) is 9.20. The van der Waals surface area contributed by atoms with Crippen LogP contribution in [0.1, 0.15) is 5.82 Å². The normalized spacial score (nSPS) is 11.1. The zero-order valence-electron chi connectivity index (χ0n) is 9.78. The maximum absolute atomic E-state index is 6.09. The first-order valence-corrected chi connectivity index (χ1v) is 7.39. The van der Waals surface area contributed by atoms with Crippen molar-refractivity contribution in [3.8, 4) is 5.69 Å². The smallest absolute Gasteiger partial charge is 0.129 e. The van der Waals surface area contributed by atoms with E-state index < -0.39 is 0 Å². The van der Waals surface area contributed by atoms with E-state index in [1.165, 1.54) is 0 Å². The molecular formula is C14H9BrCl2N2. The molecule has 0 fully saturated rings. The summed E-state index contributed by atoms with van der Waals surface area (Å²) in [6.45, 7) is 0. The average molecular weight is 356 g/mol. The molecule has 3 aromatic rings. The summed E-state index contributed by atoms with van der Waals surface area (Å²) in [6, 6.07) is 13.6. The van der Waals surface area contributed by atoms with Crippen LogP contribution in [0, 0.1) is 0 Å². The Kier molecular flexibility index (Phi) is 3.52. The second kappa shape index (κ2) is 5.16. The number of alkyl halides is 1. The summed E-state index contributed by atoms with van der Waals surface area (Å²) in [6.07, 6.45) is 0. The highest BCUT2D eigenvalue weighted by atomic mass is 79.9. The quantitative estimate of drug-likeness (QED) is 0.579. The predicted molar refractivity (Wildman–Crippen MR) is 83.3 cm³/mol. The van der Waals surface area contributed by atoms with Crippen molar-refractivity contribution in [1.29, 1.82) is 0 Å². The third kappa shape index (κ3) is 2.27. The molecule has 0 amide bonds. The lowest BCUT2D eigenvalue weighted by Gasteiger charge is -2.10. The minimum Gasteiger partial charge on any atom is -0.294 e. The van der Waals surface area contributed by atoms with E-state index in [0.717, 1.165) is 27.0 Å². The van der Waals surface area contributed by atoms with Crippen LogP contribution in [0.15, 0.2) is 46.9 Å². The van der Waals surface area contributed by atoms with Crippen LogP contribution in [0.2, 0.25) is 5.02 Å². The molecule has 2 nitrogen and oxygen atoms in total. The van der Waals surface area contributed by atoms with Gasteiger partial charge in [0.15, 0.2) is 0 Å². The topological polar surface area (TPSA) is 17.8 Å². The second-order valence-electron chi connectivity index (χ2n) is 4.08. The Bertz CT molecular complexity index is 752. The number of hydrogen-bond donors (Lipinski definition) is 0. The van der Waals surface area contributed by atoms with Gasteiger partial charge in [-0.05, 0) is 46.3 Å². The van der Waals surface area contributed by atoms with Crippen molar-refractivity contribution in [3.63, 3.8) is 0 Å². The fourth-order valence-electron chi connectivity index (χ4n) is 2.09. The van der Waals surface area contributed by atoms with E-state index in [2.05, 4.69) is 20.9 Å². The van der Waals surface area contributed by atoms with Crippen molar-refractivity contribution in [2.45, 2.75) is 5.88 Å². The Balaban J connectivity index is 2.37. The molecule has 0 unspecified atom stereocenters. The standard InChI is InChI=1S/C14H9BrCl2N2/c15-10-6-5-9(17)7-13(10)19-12-4-2-1-3-11(12)18-14(19)8-16/h1-7H,8H2. The summed E-state index contributed by atoms with van der Waals surface area (Å²) in [4.78, 5) is 4.55. The van der Waals surface area contributed by atoms with Gasteiger partial charge in [-0.2, -0.15) is 0 Å². The van der Waals surface area contributed by atoms with Crippen LogP contribution < -0.4 is 0 Å². The molecular weight excluding hydrogens is 347 g/mol. The van der Waals surface area contributed by atoms with Crippen molar-refractivity contribution < 1.29 is 0 Å². The maximum atomic E-state index is 6.09. The van der Waals surface area contributed by atoms with Crippen molar-refractivity contribution in [3.05, 3.63) is 57.8 Å². The van der Waals surface area contributed by atoms with Crippen LogP contribution in [-0.4, -0.2) is 9.55 Å². The number of aromatic nitrogens is 2. The highest BCUT2D eigenvalue weighted by Crippen LogP contribution is 2.30. The van der Waals surface area contributed by atoms with Gasteiger partial charge in [0.1, 0.15) is 5.82 Å². The minimum atomic E-state index is 0.341. The van der Waals surface area contributed by atoms with Crippen LogP contribution in [-0.2, 0) is 5.88 Å². The molecule has 0 radical (unpaired) electrons. The van der Waals surface area contributed by atoms with Gasteiger partial charge in [0.2, 0.25) is 0 Å². The third-order valence-electron chi connectivity index (χ3n) is 2.90. The summed E-state index contributed by atoms with van der Waals surface area (Å²) in [7, 11) is 0. The van der Waals surface area contributed by atoms with Crippen LogP contribution in [0.5, 0.6) is 0 Å². The van der Waals surface area contributed by atoms with Gasteiger partial charge >= 0.3 is 0 Å². The molecule has 5 heteroatoms. The van der Waals surface area contributed by atoms with Crippen LogP contribution in [0.4, 0.5) is 0 Å². The van der Waals surface area contributed by atoms with E-state index in [0.29, 0.717) is 10.9 Å². The average Bonchev–Trinajstić information content (AvgIpc) is 2.80. The lowest BCUT2D eigenvalue weighted by atomic mass is 10.3. The second-order valence-corrected chi connectivity index (χ2v) is 5.64. The van der Waals surface area contributed by atoms with Gasteiger partial charge in [-0.15, -0.1) is 11.6 Å². The van der Waals surface area contributed by atoms with Gasteiger partial charge < -0.3 is 0 Å². The minimum absolute atomic E-state index is 0.341. The first-order valence-electron chi connectivity index (χ1n) is 5.68. The summed E-state index contributed by atoms with van der Waals surface area (Å²) >= 11 is 15.7. The van der Waals surface area contributed by atoms with Crippen molar-refractivity contribution in [2.75, 3.05) is 0 Å². The number of rotatable bonds is 2. The van der Waals surface area contributed by atoms with Crippen LogP contribution in [0.25, 0.3) is 16.7 Å². The number of nitrogens with zero attached hydrogens (tertiary/aromatic N) is 2. The fraction of sp³-hybridized carbons (Fsp3) is 0.0714. The molecule has 0 atom stereocenters. The molecule has 0 aliphatic rings. The Morgan fingerprint density at radius 2 is 1.95 bits per heavy atom. The summed E-state index contributed by atoms with van der Waals surface area (Å²) in [5, 5.41) is 0.677. The van der Waals surface area contributed by atoms with Crippen LogP contribution >= 0.6 is 39.1 Å². The molecule has 0 saturated heterocycles. The number of fused-ring (bicyclic) bond motifs is 1. The molecule has 0 aliphatic heterocycles. The molecule has 1 aromatic heterocycles. The van der Waals surface area contributed by atoms with Gasteiger partial charge in [-0.25, -0.2) is 4.98 Å². The highest BCUT2D eigenvalue weighted by molar-refractivity contribution is 9.10. The molecule has 96 valence electrons.